The highest BCUT2D eigenvalue weighted by molar-refractivity contribution is 4.93. The number of hydrogen-bond donors (Lipinski definition) is 1. The van der Waals surface area contributed by atoms with Gasteiger partial charge in [-0.3, -0.25) is 5.32 Å². The monoisotopic (exact) mass is 177 g/mol. The number of nitrogens with one attached hydrogen (secondary N) is 1. The molecule has 0 amide bonds. The van der Waals surface area contributed by atoms with Crippen LogP contribution in [0.3, 0.4) is 0 Å². The van der Waals surface area contributed by atoms with Crippen LogP contribution in [0.2, 0.25) is 0 Å². The van der Waals surface area contributed by atoms with Crippen molar-refractivity contribution in [3.63, 3.8) is 0 Å². The van der Waals surface area contributed by atoms with Gasteiger partial charge in [-0.05, 0) is 19.3 Å². The van der Waals surface area contributed by atoms with E-state index in [2.05, 4.69) is 24.4 Å². The van der Waals surface area contributed by atoms with Gasteiger partial charge in [-0.1, -0.05) is 24.5 Å². The third kappa shape index (κ3) is 7.36. The van der Waals surface area contributed by atoms with Crippen molar-refractivity contribution >= 4 is 0 Å². The Bertz CT molecular complexity index is 176. The molecule has 0 aromatic heterocycles. The number of hydrogen-bond acceptors (Lipinski definition) is 1. The van der Waals surface area contributed by atoms with Crippen LogP contribution in [0.15, 0.2) is 25.3 Å². The predicted molar refractivity (Wildman–Crippen MR) is 59.5 cm³/mol. The Hall–Kier alpha value is -1.00. The molecule has 1 unspecified atom stereocenters. The number of unbranched alkanes of at least 4 members (excludes halogenated alkanes) is 2. The van der Waals surface area contributed by atoms with E-state index in [9.17, 15) is 0 Å². The molecule has 1 heteroatoms. The Labute approximate surface area is 81.9 Å². The first-order valence-electron chi connectivity index (χ1n) is 4.75. The van der Waals surface area contributed by atoms with Gasteiger partial charge in [0.1, 0.15) is 0 Å². The van der Waals surface area contributed by atoms with E-state index < -0.39 is 0 Å². The molecule has 0 saturated carbocycles. The fourth-order valence-electron chi connectivity index (χ4n) is 1.15. The van der Waals surface area contributed by atoms with Crippen LogP contribution in [0, 0.1) is 12.3 Å². The van der Waals surface area contributed by atoms with Gasteiger partial charge in [0.2, 0.25) is 0 Å². The largest absolute Gasteiger partial charge is 0.300 e. The Balaban J connectivity index is 3.42. The molecule has 0 spiro atoms. The number of terminal acetylenes is 1. The zero-order valence-electron chi connectivity index (χ0n) is 8.26. The molecule has 0 aromatic rings. The molecular formula is C12H19N. The van der Waals surface area contributed by atoms with Crippen LogP contribution in [-0.2, 0) is 0 Å². The molecule has 0 bridgehead atoms. The summed E-state index contributed by atoms with van der Waals surface area (Å²) in [6.45, 7) is 8.07. The van der Waals surface area contributed by atoms with Crippen LogP contribution in [0.25, 0.3) is 0 Å². The number of allylic oxidation sites excluding steroid dienone is 1. The maximum atomic E-state index is 5.15. The first-order chi connectivity index (χ1) is 6.35. The number of rotatable bonds is 8. The highest BCUT2D eigenvalue weighted by atomic mass is 14.9. The first kappa shape index (κ1) is 12.0. The van der Waals surface area contributed by atoms with Crippen molar-refractivity contribution in [2.45, 2.75) is 31.7 Å². The average molecular weight is 177 g/mol. The minimum absolute atomic E-state index is 0.362. The highest BCUT2D eigenvalue weighted by Gasteiger charge is 2.00. The van der Waals surface area contributed by atoms with Gasteiger partial charge in [-0.25, -0.2) is 0 Å². The average Bonchev–Trinajstić information content (AvgIpc) is 2.17. The van der Waals surface area contributed by atoms with Gasteiger partial charge in [-0.15, -0.1) is 19.6 Å². The molecule has 1 nitrogen and oxygen atoms in total. The fourth-order valence-corrected chi connectivity index (χ4v) is 1.15. The molecule has 0 radical (unpaired) electrons. The van der Waals surface area contributed by atoms with Crippen molar-refractivity contribution in [1.82, 2.24) is 5.32 Å². The standard InChI is InChI=1S/C12H19N/c1-4-7-8-9-10-12(6-3)13-11-5-2/h2,4,6,12-13H,1,3,7-11H2. The molecule has 1 atom stereocenters. The second-order valence-corrected chi connectivity index (χ2v) is 3.00. The van der Waals surface area contributed by atoms with E-state index in [0.717, 1.165) is 12.8 Å². The zero-order chi connectivity index (χ0) is 9.94. The van der Waals surface area contributed by atoms with E-state index in [1.807, 2.05) is 12.2 Å². The minimum atomic E-state index is 0.362. The molecular weight excluding hydrogens is 158 g/mol. The van der Waals surface area contributed by atoms with Crippen LogP contribution in [-0.4, -0.2) is 12.6 Å². The van der Waals surface area contributed by atoms with Crippen LogP contribution < -0.4 is 5.32 Å². The van der Waals surface area contributed by atoms with Crippen molar-refractivity contribution in [2.24, 2.45) is 0 Å². The highest BCUT2D eigenvalue weighted by Crippen LogP contribution is 2.04. The van der Waals surface area contributed by atoms with Crippen molar-refractivity contribution in [2.75, 3.05) is 6.54 Å². The third-order valence-corrected chi connectivity index (χ3v) is 1.92. The first-order valence-corrected chi connectivity index (χ1v) is 4.75. The van der Waals surface area contributed by atoms with E-state index >= 15 is 0 Å². The smallest absolute Gasteiger partial charge is 0.0578 e. The Morgan fingerprint density at radius 1 is 1.38 bits per heavy atom. The zero-order valence-corrected chi connectivity index (χ0v) is 8.26. The molecule has 0 fully saturated rings. The van der Waals surface area contributed by atoms with E-state index in [0.29, 0.717) is 12.6 Å². The van der Waals surface area contributed by atoms with Gasteiger partial charge >= 0.3 is 0 Å². The van der Waals surface area contributed by atoms with Crippen molar-refractivity contribution in [3.05, 3.63) is 25.3 Å². The lowest BCUT2D eigenvalue weighted by atomic mass is 10.1. The Morgan fingerprint density at radius 3 is 2.69 bits per heavy atom. The molecule has 1 N–H and O–H groups in total. The van der Waals surface area contributed by atoms with Gasteiger partial charge in [0.05, 0.1) is 6.54 Å². The summed E-state index contributed by atoms with van der Waals surface area (Å²) in [6.07, 6.45) is 13.6. The normalized spacial score (nSPS) is 11.6. The summed E-state index contributed by atoms with van der Waals surface area (Å²) in [4.78, 5) is 0. The fraction of sp³-hybridized carbons (Fsp3) is 0.500. The molecule has 0 heterocycles. The third-order valence-electron chi connectivity index (χ3n) is 1.92. The van der Waals surface area contributed by atoms with Gasteiger partial charge in [0.15, 0.2) is 0 Å². The lowest BCUT2D eigenvalue weighted by Gasteiger charge is -2.11. The molecule has 13 heavy (non-hydrogen) atoms. The molecule has 0 aromatic carbocycles. The van der Waals surface area contributed by atoms with Gasteiger partial charge < -0.3 is 0 Å². The summed E-state index contributed by atoms with van der Waals surface area (Å²) in [5.74, 6) is 2.56. The van der Waals surface area contributed by atoms with Crippen molar-refractivity contribution in [1.29, 1.82) is 0 Å². The van der Waals surface area contributed by atoms with E-state index in [-0.39, 0.29) is 0 Å². The van der Waals surface area contributed by atoms with Gasteiger partial charge in [-0.2, -0.15) is 0 Å². The molecule has 0 aliphatic heterocycles. The van der Waals surface area contributed by atoms with Crippen LogP contribution >= 0.6 is 0 Å². The molecule has 0 rings (SSSR count). The molecule has 0 aliphatic rings. The minimum Gasteiger partial charge on any atom is -0.300 e. The van der Waals surface area contributed by atoms with E-state index in [4.69, 9.17) is 6.42 Å². The summed E-state index contributed by atoms with van der Waals surface area (Å²) >= 11 is 0. The Kier molecular flexibility index (Phi) is 8.39. The van der Waals surface area contributed by atoms with Crippen LogP contribution in [0.4, 0.5) is 0 Å². The SMILES string of the molecule is C#CCNC(C=C)CCCCC=C. The van der Waals surface area contributed by atoms with Crippen molar-refractivity contribution < 1.29 is 0 Å². The lowest BCUT2D eigenvalue weighted by Crippen LogP contribution is -2.27. The maximum Gasteiger partial charge on any atom is 0.0578 e. The topological polar surface area (TPSA) is 12.0 Å². The second-order valence-electron chi connectivity index (χ2n) is 3.00. The quantitative estimate of drug-likeness (QED) is 0.341. The maximum absolute atomic E-state index is 5.15. The predicted octanol–water partition coefficient (Wildman–Crippen LogP) is 2.51. The van der Waals surface area contributed by atoms with Crippen LogP contribution in [0.1, 0.15) is 25.7 Å². The van der Waals surface area contributed by atoms with E-state index in [1.54, 1.807) is 0 Å². The molecule has 0 saturated heterocycles. The summed E-state index contributed by atoms with van der Waals surface area (Å²) in [5.41, 5.74) is 0. The summed E-state index contributed by atoms with van der Waals surface area (Å²) < 4.78 is 0. The van der Waals surface area contributed by atoms with E-state index in [1.165, 1.54) is 12.8 Å². The summed E-state index contributed by atoms with van der Waals surface area (Å²) in [5, 5.41) is 3.22. The lowest BCUT2D eigenvalue weighted by molar-refractivity contribution is 0.555. The Morgan fingerprint density at radius 2 is 2.15 bits per heavy atom. The van der Waals surface area contributed by atoms with Gasteiger partial charge in [0.25, 0.3) is 0 Å². The second kappa shape index (κ2) is 9.09. The van der Waals surface area contributed by atoms with Gasteiger partial charge in [0, 0.05) is 6.04 Å². The summed E-state index contributed by atoms with van der Waals surface area (Å²) in [6, 6.07) is 0.362. The molecule has 0 aliphatic carbocycles. The van der Waals surface area contributed by atoms with Crippen molar-refractivity contribution in [3.8, 4) is 12.3 Å². The van der Waals surface area contributed by atoms with Crippen LogP contribution in [0.5, 0.6) is 0 Å². The molecule has 72 valence electrons. The summed E-state index contributed by atoms with van der Waals surface area (Å²) in [7, 11) is 0.